The van der Waals surface area contributed by atoms with Crippen molar-refractivity contribution in [3.63, 3.8) is 0 Å². The Morgan fingerprint density at radius 3 is 2.46 bits per heavy atom. The fourth-order valence-corrected chi connectivity index (χ4v) is 2.63. The summed E-state index contributed by atoms with van der Waals surface area (Å²) >= 11 is 0. The molecule has 0 bridgehead atoms. The molecule has 13 heavy (non-hydrogen) atoms. The Morgan fingerprint density at radius 1 is 1.31 bits per heavy atom. The van der Waals surface area contributed by atoms with Gasteiger partial charge in [-0.1, -0.05) is 19.3 Å². The molecule has 0 aromatic heterocycles. The summed E-state index contributed by atoms with van der Waals surface area (Å²) in [7, 11) is 0. The Labute approximate surface area is 84.8 Å². The lowest BCUT2D eigenvalue weighted by molar-refractivity contribution is -0.123. The molecule has 4 heteroatoms. The minimum absolute atomic E-state index is 0. The van der Waals surface area contributed by atoms with E-state index >= 15 is 0 Å². The SMILES string of the molecule is Cl.NNC(=O)C1CC12CCCCC2. The summed E-state index contributed by atoms with van der Waals surface area (Å²) in [5.41, 5.74) is 2.64. The van der Waals surface area contributed by atoms with Gasteiger partial charge in [0.25, 0.3) is 0 Å². The number of carbonyl (C=O) groups is 1. The minimum atomic E-state index is 0. The third-order valence-corrected chi connectivity index (χ3v) is 3.50. The van der Waals surface area contributed by atoms with E-state index in [-0.39, 0.29) is 24.2 Å². The molecule has 2 fully saturated rings. The maximum Gasteiger partial charge on any atom is 0.237 e. The number of hydrogen-bond acceptors (Lipinski definition) is 2. The monoisotopic (exact) mass is 204 g/mol. The zero-order valence-corrected chi connectivity index (χ0v) is 8.53. The predicted octanol–water partition coefficient (Wildman–Crippen LogP) is 1.37. The Hall–Kier alpha value is -0.280. The number of nitrogens with two attached hydrogens (primary N) is 1. The molecule has 0 radical (unpaired) electrons. The lowest BCUT2D eigenvalue weighted by Gasteiger charge is -2.21. The molecule has 0 aromatic carbocycles. The number of halogens is 1. The van der Waals surface area contributed by atoms with E-state index in [1.165, 1.54) is 32.1 Å². The molecule has 1 spiro atoms. The van der Waals surface area contributed by atoms with Crippen LogP contribution < -0.4 is 11.3 Å². The van der Waals surface area contributed by atoms with Gasteiger partial charge in [0.1, 0.15) is 0 Å². The molecule has 2 aliphatic rings. The summed E-state index contributed by atoms with van der Waals surface area (Å²) in [5, 5.41) is 0. The normalized spacial score (nSPS) is 29.2. The summed E-state index contributed by atoms with van der Waals surface area (Å²) in [4.78, 5) is 11.2. The Balaban J connectivity index is 0.000000845. The number of hydrogen-bond donors (Lipinski definition) is 2. The number of rotatable bonds is 1. The van der Waals surface area contributed by atoms with Gasteiger partial charge >= 0.3 is 0 Å². The highest BCUT2D eigenvalue weighted by molar-refractivity contribution is 5.85. The maximum atomic E-state index is 11.2. The highest BCUT2D eigenvalue weighted by Gasteiger charge is 2.57. The van der Waals surface area contributed by atoms with Crippen LogP contribution in [0.3, 0.4) is 0 Å². The second kappa shape index (κ2) is 3.84. The largest absolute Gasteiger partial charge is 0.294 e. The fraction of sp³-hybridized carbons (Fsp3) is 0.889. The van der Waals surface area contributed by atoms with Crippen LogP contribution in [0.15, 0.2) is 0 Å². The molecule has 2 rings (SSSR count). The lowest BCUT2D eigenvalue weighted by atomic mass is 9.84. The molecule has 0 aromatic rings. The van der Waals surface area contributed by atoms with Crippen LogP contribution in [0.4, 0.5) is 0 Å². The van der Waals surface area contributed by atoms with Gasteiger partial charge in [-0.3, -0.25) is 10.2 Å². The van der Waals surface area contributed by atoms with Gasteiger partial charge in [-0.15, -0.1) is 12.4 Å². The lowest BCUT2D eigenvalue weighted by Crippen LogP contribution is -2.33. The van der Waals surface area contributed by atoms with Crippen LogP contribution in [-0.4, -0.2) is 5.91 Å². The minimum Gasteiger partial charge on any atom is -0.294 e. The third-order valence-electron chi connectivity index (χ3n) is 3.50. The smallest absolute Gasteiger partial charge is 0.237 e. The van der Waals surface area contributed by atoms with Crippen molar-refractivity contribution in [2.24, 2.45) is 17.2 Å². The van der Waals surface area contributed by atoms with E-state index in [2.05, 4.69) is 5.43 Å². The van der Waals surface area contributed by atoms with Gasteiger partial charge in [-0.2, -0.15) is 0 Å². The summed E-state index contributed by atoms with van der Waals surface area (Å²) in [6.45, 7) is 0. The van der Waals surface area contributed by atoms with Crippen LogP contribution in [0.2, 0.25) is 0 Å². The quantitative estimate of drug-likeness (QED) is 0.385. The van der Waals surface area contributed by atoms with Crippen LogP contribution in [0.5, 0.6) is 0 Å². The molecule has 0 saturated heterocycles. The third kappa shape index (κ3) is 1.81. The number of hydrazine groups is 1. The van der Waals surface area contributed by atoms with Gasteiger partial charge in [0.2, 0.25) is 5.91 Å². The van der Waals surface area contributed by atoms with Gasteiger partial charge in [-0.25, -0.2) is 5.84 Å². The highest BCUT2D eigenvalue weighted by atomic mass is 35.5. The van der Waals surface area contributed by atoms with Gasteiger partial charge < -0.3 is 0 Å². The molecule has 2 saturated carbocycles. The molecule has 2 aliphatic carbocycles. The Kier molecular flexibility index (Phi) is 3.19. The first-order chi connectivity index (χ1) is 5.78. The summed E-state index contributed by atoms with van der Waals surface area (Å²) < 4.78 is 0. The van der Waals surface area contributed by atoms with E-state index < -0.39 is 0 Å². The number of amides is 1. The summed E-state index contributed by atoms with van der Waals surface area (Å²) in [6.07, 6.45) is 7.51. The number of carbonyl (C=O) groups excluding carboxylic acids is 1. The zero-order chi connectivity index (χ0) is 8.60. The van der Waals surface area contributed by atoms with Crippen molar-refractivity contribution in [3.05, 3.63) is 0 Å². The van der Waals surface area contributed by atoms with E-state index in [1.807, 2.05) is 0 Å². The maximum absolute atomic E-state index is 11.2. The average molecular weight is 205 g/mol. The van der Waals surface area contributed by atoms with Crippen molar-refractivity contribution >= 4 is 18.3 Å². The van der Waals surface area contributed by atoms with Crippen LogP contribution in [0.1, 0.15) is 38.5 Å². The van der Waals surface area contributed by atoms with Crippen LogP contribution in [0.25, 0.3) is 0 Å². The summed E-state index contributed by atoms with van der Waals surface area (Å²) in [6, 6.07) is 0. The van der Waals surface area contributed by atoms with E-state index in [0.29, 0.717) is 5.41 Å². The van der Waals surface area contributed by atoms with Crippen LogP contribution in [-0.2, 0) is 4.79 Å². The fourth-order valence-electron chi connectivity index (χ4n) is 2.63. The molecule has 3 nitrogen and oxygen atoms in total. The molecule has 0 aliphatic heterocycles. The Morgan fingerprint density at radius 2 is 1.92 bits per heavy atom. The molecule has 0 heterocycles. The van der Waals surface area contributed by atoms with Crippen LogP contribution >= 0.6 is 12.4 Å². The van der Waals surface area contributed by atoms with Gasteiger partial charge in [-0.05, 0) is 24.7 Å². The first-order valence-corrected chi connectivity index (χ1v) is 4.79. The molecule has 1 unspecified atom stereocenters. The number of nitrogens with one attached hydrogen (secondary N) is 1. The summed E-state index contributed by atoms with van der Waals surface area (Å²) in [5.74, 6) is 5.39. The average Bonchev–Trinajstić information content (AvgIpc) is 2.80. The molecular weight excluding hydrogens is 188 g/mol. The van der Waals surface area contributed by atoms with Crippen molar-refractivity contribution in [2.75, 3.05) is 0 Å². The first-order valence-electron chi connectivity index (χ1n) is 4.79. The van der Waals surface area contributed by atoms with Crippen molar-refractivity contribution in [1.29, 1.82) is 0 Å². The van der Waals surface area contributed by atoms with Gasteiger partial charge in [0.05, 0.1) is 0 Å². The van der Waals surface area contributed by atoms with Crippen molar-refractivity contribution in [3.8, 4) is 0 Å². The topological polar surface area (TPSA) is 55.1 Å². The van der Waals surface area contributed by atoms with E-state index in [9.17, 15) is 4.79 Å². The molecule has 1 atom stereocenters. The molecule has 1 amide bonds. The Bertz CT molecular complexity index is 202. The van der Waals surface area contributed by atoms with Gasteiger partial charge in [0, 0.05) is 5.92 Å². The van der Waals surface area contributed by atoms with Crippen molar-refractivity contribution in [1.82, 2.24) is 5.43 Å². The molecule has 76 valence electrons. The van der Waals surface area contributed by atoms with E-state index in [0.717, 1.165) is 6.42 Å². The first kappa shape index (κ1) is 10.8. The van der Waals surface area contributed by atoms with Crippen LogP contribution in [0, 0.1) is 11.3 Å². The van der Waals surface area contributed by atoms with Crippen molar-refractivity contribution in [2.45, 2.75) is 38.5 Å². The van der Waals surface area contributed by atoms with E-state index in [1.54, 1.807) is 0 Å². The van der Waals surface area contributed by atoms with Gasteiger partial charge in [0.15, 0.2) is 0 Å². The molecule has 3 N–H and O–H groups in total. The second-order valence-corrected chi connectivity index (χ2v) is 4.19. The molecular formula is C9H17ClN2O. The van der Waals surface area contributed by atoms with E-state index in [4.69, 9.17) is 5.84 Å². The highest BCUT2D eigenvalue weighted by Crippen LogP contribution is 2.61. The second-order valence-electron chi connectivity index (χ2n) is 4.19. The zero-order valence-electron chi connectivity index (χ0n) is 7.71. The standard InChI is InChI=1S/C9H16N2O.ClH/c10-11-8(12)7-6-9(7)4-2-1-3-5-9;/h7H,1-6,10H2,(H,11,12);1H. The van der Waals surface area contributed by atoms with Crippen molar-refractivity contribution < 1.29 is 4.79 Å². The predicted molar refractivity (Wildman–Crippen MR) is 53.2 cm³/mol.